The number of anilines is 1. The van der Waals surface area contributed by atoms with E-state index in [1.165, 1.54) is 17.5 Å². The van der Waals surface area contributed by atoms with Gasteiger partial charge in [0.2, 0.25) is 5.91 Å². The van der Waals surface area contributed by atoms with E-state index in [9.17, 15) is 4.79 Å². The first kappa shape index (κ1) is 15.0. The molecule has 18 heavy (non-hydrogen) atoms. The standard InChI is InChI=1S/C14H20N2O.ClH/c1-10-6-11(2)8-13(7-10)16-14(17)9-12-4-3-5-15-12;/h6-8,12,15H,3-5,9H2,1-2H3,(H,16,17);1H. The number of halogens is 1. The molecule has 1 saturated heterocycles. The van der Waals surface area contributed by atoms with Gasteiger partial charge in [-0.1, -0.05) is 6.07 Å². The maximum Gasteiger partial charge on any atom is 0.225 e. The van der Waals surface area contributed by atoms with E-state index in [2.05, 4.69) is 16.7 Å². The number of carbonyl (C=O) groups excluding carboxylic acids is 1. The Morgan fingerprint density at radius 2 is 2.00 bits per heavy atom. The third kappa shape index (κ3) is 4.31. The number of hydrogen-bond acceptors (Lipinski definition) is 2. The molecule has 1 amide bonds. The van der Waals surface area contributed by atoms with Crippen LogP contribution in [0.1, 0.15) is 30.4 Å². The molecule has 2 rings (SSSR count). The quantitative estimate of drug-likeness (QED) is 0.885. The Bertz CT molecular complexity index is 394. The van der Waals surface area contributed by atoms with Crippen molar-refractivity contribution in [1.82, 2.24) is 5.32 Å². The van der Waals surface area contributed by atoms with Crippen molar-refractivity contribution in [3.8, 4) is 0 Å². The first-order valence-corrected chi connectivity index (χ1v) is 6.25. The molecule has 0 aliphatic carbocycles. The van der Waals surface area contributed by atoms with Crippen LogP contribution in [0.15, 0.2) is 18.2 Å². The van der Waals surface area contributed by atoms with Gasteiger partial charge in [0.25, 0.3) is 0 Å². The van der Waals surface area contributed by atoms with Gasteiger partial charge in [-0.15, -0.1) is 12.4 Å². The van der Waals surface area contributed by atoms with Crippen LogP contribution in [0.5, 0.6) is 0 Å². The van der Waals surface area contributed by atoms with Crippen LogP contribution in [-0.4, -0.2) is 18.5 Å². The average molecular weight is 269 g/mol. The third-order valence-electron chi connectivity index (χ3n) is 3.10. The second kappa shape index (κ2) is 6.76. The van der Waals surface area contributed by atoms with Crippen molar-refractivity contribution >= 4 is 24.0 Å². The minimum atomic E-state index is 0. The fraction of sp³-hybridized carbons (Fsp3) is 0.500. The van der Waals surface area contributed by atoms with Crippen LogP contribution in [-0.2, 0) is 4.79 Å². The molecule has 1 aromatic rings. The first-order valence-electron chi connectivity index (χ1n) is 6.25. The molecule has 1 atom stereocenters. The summed E-state index contributed by atoms with van der Waals surface area (Å²) in [6.45, 7) is 5.13. The molecule has 4 heteroatoms. The van der Waals surface area contributed by atoms with Crippen molar-refractivity contribution in [2.75, 3.05) is 11.9 Å². The zero-order chi connectivity index (χ0) is 12.3. The second-order valence-corrected chi connectivity index (χ2v) is 4.92. The summed E-state index contributed by atoms with van der Waals surface area (Å²) in [6.07, 6.45) is 2.87. The Labute approximate surface area is 115 Å². The molecule has 1 fully saturated rings. The van der Waals surface area contributed by atoms with Crippen LogP contribution in [0.25, 0.3) is 0 Å². The summed E-state index contributed by atoms with van der Waals surface area (Å²) in [5.74, 6) is 0.106. The van der Waals surface area contributed by atoms with Gasteiger partial charge >= 0.3 is 0 Å². The molecule has 0 radical (unpaired) electrons. The van der Waals surface area contributed by atoms with E-state index in [1.54, 1.807) is 0 Å². The van der Waals surface area contributed by atoms with E-state index >= 15 is 0 Å². The molecule has 0 aromatic heterocycles. The number of amides is 1. The van der Waals surface area contributed by atoms with Gasteiger partial charge in [0, 0.05) is 18.2 Å². The monoisotopic (exact) mass is 268 g/mol. The zero-order valence-corrected chi connectivity index (χ0v) is 11.8. The van der Waals surface area contributed by atoms with Crippen molar-refractivity contribution in [3.63, 3.8) is 0 Å². The van der Waals surface area contributed by atoms with E-state index < -0.39 is 0 Å². The molecular formula is C14H21ClN2O. The van der Waals surface area contributed by atoms with E-state index in [0.717, 1.165) is 18.7 Å². The highest BCUT2D eigenvalue weighted by Crippen LogP contribution is 2.15. The van der Waals surface area contributed by atoms with Crippen molar-refractivity contribution in [3.05, 3.63) is 29.3 Å². The van der Waals surface area contributed by atoms with E-state index in [4.69, 9.17) is 0 Å². The van der Waals surface area contributed by atoms with Crippen LogP contribution in [0.4, 0.5) is 5.69 Å². The first-order chi connectivity index (χ1) is 8.13. The lowest BCUT2D eigenvalue weighted by molar-refractivity contribution is -0.116. The van der Waals surface area contributed by atoms with E-state index in [1.807, 2.05) is 26.0 Å². The van der Waals surface area contributed by atoms with Crippen molar-refractivity contribution in [1.29, 1.82) is 0 Å². The predicted molar refractivity (Wildman–Crippen MR) is 77.4 cm³/mol. The van der Waals surface area contributed by atoms with Crippen molar-refractivity contribution < 1.29 is 4.79 Å². The molecule has 0 bridgehead atoms. The number of hydrogen-bond donors (Lipinski definition) is 2. The number of rotatable bonds is 3. The summed E-state index contributed by atoms with van der Waals surface area (Å²) in [5.41, 5.74) is 3.27. The van der Waals surface area contributed by atoms with Crippen LogP contribution in [0.2, 0.25) is 0 Å². The van der Waals surface area contributed by atoms with Crippen molar-refractivity contribution in [2.24, 2.45) is 0 Å². The molecule has 3 nitrogen and oxygen atoms in total. The molecule has 1 unspecified atom stereocenters. The van der Waals surface area contributed by atoms with Gasteiger partial charge in [-0.2, -0.15) is 0 Å². The third-order valence-corrected chi connectivity index (χ3v) is 3.10. The maximum absolute atomic E-state index is 11.8. The highest BCUT2D eigenvalue weighted by molar-refractivity contribution is 5.91. The average Bonchev–Trinajstić information content (AvgIpc) is 2.67. The Morgan fingerprint density at radius 3 is 2.56 bits per heavy atom. The number of benzene rings is 1. The minimum Gasteiger partial charge on any atom is -0.326 e. The van der Waals surface area contributed by atoms with Gasteiger partial charge < -0.3 is 10.6 Å². The lowest BCUT2D eigenvalue weighted by Gasteiger charge is -2.11. The van der Waals surface area contributed by atoms with Gasteiger partial charge in [-0.05, 0) is 56.5 Å². The molecular weight excluding hydrogens is 248 g/mol. The molecule has 2 N–H and O–H groups in total. The van der Waals surface area contributed by atoms with Gasteiger partial charge in [-0.3, -0.25) is 4.79 Å². The summed E-state index contributed by atoms with van der Waals surface area (Å²) in [7, 11) is 0. The van der Waals surface area contributed by atoms with Gasteiger partial charge in [-0.25, -0.2) is 0 Å². The SMILES string of the molecule is Cc1cc(C)cc(NC(=O)CC2CCCN2)c1.Cl. The smallest absolute Gasteiger partial charge is 0.225 e. The van der Waals surface area contributed by atoms with Gasteiger partial charge in [0.05, 0.1) is 0 Å². The van der Waals surface area contributed by atoms with E-state index in [0.29, 0.717) is 12.5 Å². The highest BCUT2D eigenvalue weighted by Gasteiger charge is 2.17. The van der Waals surface area contributed by atoms with Crippen LogP contribution in [0, 0.1) is 13.8 Å². The molecule has 0 saturated carbocycles. The predicted octanol–water partition coefficient (Wildman–Crippen LogP) is 2.81. The molecule has 100 valence electrons. The van der Waals surface area contributed by atoms with Gasteiger partial charge in [0.1, 0.15) is 0 Å². The Balaban J connectivity index is 0.00000162. The maximum atomic E-state index is 11.8. The summed E-state index contributed by atoms with van der Waals surface area (Å²) >= 11 is 0. The fourth-order valence-electron chi connectivity index (χ4n) is 2.41. The number of aryl methyl sites for hydroxylation is 2. The van der Waals surface area contributed by atoms with Crippen LogP contribution in [0.3, 0.4) is 0 Å². The second-order valence-electron chi connectivity index (χ2n) is 4.92. The normalized spacial score (nSPS) is 18.2. The fourth-order valence-corrected chi connectivity index (χ4v) is 2.41. The molecule has 1 aliphatic rings. The lowest BCUT2D eigenvalue weighted by atomic mass is 10.1. The van der Waals surface area contributed by atoms with Gasteiger partial charge in [0.15, 0.2) is 0 Å². The summed E-state index contributed by atoms with van der Waals surface area (Å²) in [4.78, 5) is 11.8. The number of carbonyl (C=O) groups is 1. The Kier molecular flexibility index (Phi) is 5.63. The largest absolute Gasteiger partial charge is 0.326 e. The molecule has 0 spiro atoms. The van der Waals surface area contributed by atoms with Crippen LogP contribution < -0.4 is 10.6 Å². The molecule has 1 aliphatic heterocycles. The number of nitrogens with one attached hydrogen (secondary N) is 2. The van der Waals surface area contributed by atoms with Crippen molar-refractivity contribution in [2.45, 2.75) is 39.2 Å². The highest BCUT2D eigenvalue weighted by atomic mass is 35.5. The molecule has 1 heterocycles. The van der Waals surface area contributed by atoms with E-state index in [-0.39, 0.29) is 18.3 Å². The topological polar surface area (TPSA) is 41.1 Å². The van der Waals surface area contributed by atoms with Crippen LogP contribution >= 0.6 is 12.4 Å². The summed E-state index contributed by atoms with van der Waals surface area (Å²) in [5, 5.41) is 6.31. The summed E-state index contributed by atoms with van der Waals surface area (Å²) < 4.78 is 0. The Hall–Kier alpha value is -1.06. The minimum absolute atomic E-state index is 0. The Morgan fingerprint density at radius 1 is 1.33 bits per heavy atom. The molecule has 1 aromatic carbocycles. The zero-order valence-electron chi connectivity index (χ0n) is 11.0. The lowest BCUT2D eigenvalue weighted by Crippen LogP contribution is -2.27. The summed E-state index contributed by atoms with van der Waals surface area (Å²) in [6, 6.07) is 6.48.